The molecule has 4 rings (SSSR count). The van der Waals surface area contributed by atoms with Gasteiger partial charge >= 0.3 is 0 Å². The molecule has 1 amide bonds. The maximum atomic E-state index is 12.7. The van der Waals surface area contributed by atoms with Gasteiger partial charge in [-0.1, -0.05) is 6.07 Å². The highest BCUT2D eigenvalue weighted by Crippen LogP contribution is 2.35. The van der Waals surface area contributed by atoms with E-state index in [1.807, 2.05) is 44.2 Å². The molecular weight excluding hydrogens is 356 g/mol. The minimum atomic E-state index is -0.288. The van der Waals surface area contributed by atoms with E-state index in [1.165, 1.54) is 0 Å². The van der Waals surface area contributed by atoms with E-state index in [0.29, 0.717) is 23.1 Å². The van der Waals surface area contributed by atoms with Gasteiger partial charge in [0.15, 0.2) is 11.5 Å². The zero-order valence-electron chi connectivity index (χ0n) is 15.9. The van der Waals surface area contributed by atoms with Crippen LogP contribution in [-0.4, -0.2) is 22.7 Å². The molecule has 2 heterocycles. The molecule has 0 bridgehead atoms. The normalized spacial score (nSPS) is 12.0. The van der Waals surface area contributed by atoms with Crippen molar-refractivity contribution < 1.29 is 14.3 Å². The summed E-state index contributed by atoms with van der Waals surface area (Å²) in [5, 5.41) is 6.08. The first-order chi connectivity index (χ1) is 13.5. The molecule has 0 saturated heterocycles. The van der Waals surface area contributed by atoms with Gasteiger partial charge in [0.1, 0.15) is 17.3 Å². The Balaban J connectivity index is 1.55. The fraction of sp³-hybridized carbons (Fsp3) is 0.190. The third-order valence-corrected chi connectivity index (χ3v) is 4.20. The van der Waals surface area contributed by atoms with Gasteiger partial charge in [-0.05, 0) is 56.2 Å². The monoisotopic (exact) mass is 376 g/mol. The second-order valence-electron chi connectivity index (χ2n) is 6.71. The number of amides is 1. The number of ether oxygens (including phenoxy) is 2. The van der Waals surface area contributed by atoms with Crippen molar-refractivity contribution >= 4 is 23.1 Å². The highest BCUT2D eigenvalue weighted by Gasteiger charge is 2.15. The summed E-state index contributed by atoms with van der Waals surface area (Å²) in [7, 11) is 0. The second kappa shape index (κ2) is 7.19. The van der Waals surface area contributed by atoms with Crippen LogP contribution in [0, 0.1) is 20.8 Å². The van der Waals surface area contributed by atoms with E-state index >= 15 is 0 Å². The maximum Gasteiger partial charge on any atom is 0.274 e. The van der Waals surface area contributed by atoms with Crippen LogP contribution < -0.4 is 20.1 Å². The Morgan fingerprint density at radius 3 is 2.43 bits per heavy atom. The van der Waals surface area contributed by atoms with Crippen molar-refractivity contribution in [3.05, 3.63) is 65.1 Å². The number of nitrogens with one attached hydrogen (secondary N) is 2. The quantitative estimate of drug-likeness (QED) is 0.712. The molecule has 0 atom stereocenters. The van der Waals surface area contributed by atoms with Crippen molar-refractivity contribution in [1.82, 2.24) is 9.97 Å². The third-order valence-electron chi connectivity index (χ3n) is 4.20. The Morgan fingerprint density at radius 2 is 1.64 bits per heavy atom. The van der Waals surface area contributed by atoms with Gasteiger partial charge in [0.2, 0.25) is 6.79 Å². The smallest absolute Gasteiger partial charge is 0.274 e. The van der Waals surface area contributed by atoms with Crippen molar-refractivity contribution in [2.75, 3.05) is 17.4 Å². The predicted molar refractivity (Wildman–Crippen MR) is 106 cm³/mol. The molecule has 3 aromatic rings. The Bertz CT molecular complexity index is 1050. The van der Waals surface area contributed by atoms with Crippen LogP contribution in [0.2, 0.25) is 0 Å². The van der Waals surface area contributed by atoms with Crippen LogP contribution in [0.1, 0.15) is 27.4 Å². The van der Waals surface area contributed by atoms with Gasteiger partial charge in [-0.3, -0.25) is 4.79 Å². The van der Waals surface area contributed by atoms with Gasteiger partial charge in [-0.25, -0.2) is 9.97 Å². The Labute approximate surface area is 162 Å². The molecule has 0 spiro atoms. The average molecular weight is 376 g/mol. The number of aryl methyl sites for hydroxylation is 3. The Morgan fingerprint density at radius 1 is 0.893 bits per heavy atom. The minimum absolute atomic E-state index is 0.216. The van der Waals surface area contributed by atoms with E-state index in [9.17, 15) is 4.79 Å². The first kappa shape index (κ1) is 17.8. The van der Waals surface area contributed by atoms with Crippen LogP contribution in [0.3, 0.4) is 0 Å². The summed E-state index contributed by atoms with van der Waals surface area (Å²) in [6.07, 6.45) is 0. The molecule has 2 aromatic carbocycles. The summed E-state index contributed by atoms with van der Waals surface area (Å²) < 4.78 is 10.7. The minimum Gasteiger partial charge on any atom is -0.454 e. The van der Waals surface area contributed by atoms with Gasteiger partial charge in [0, 0.05) is 23.5 Å². The molecule has 7 nitrogen and oxygen atoms in total. The molecule has 2 N–H and O–H groups in total. The number of rotatable bonds is 4. The number of carbonyl (C=O) groups excluding carboxylic acids is 1. The standard InChI is InChI=1S/C21H20N4O3/c1-12-6-13(2)8-16(7-12)25-21(26)17-10-20(23-14(3)22-17)24-15-4-5-18-19(9-15)28-11-27-18/h4-10H,11H2,1-3H3,(H,25,26)(H,22,23,24). The topological polar surface area (TPSA) is 85.4 Å². The zero-order valence-corrected chi connectivity index (χ0v) is 15.9. The molecule has 0 unspecified atom stereocenters. The van der Waals surface area contributed by atoms with Gasteiger partial charge in [0.25, 0.3) is 5.91 Å². The highest BCUT2D eigenvalue weighted by atomic mass is 16.7. The van der Waals surface area contributed by atoms with Crippen LogP contribution in [0.25, 0.3) is 0 Å². The number of carbonyl (C=O) groups is 1. The zero-order chi connectivity index (χ0) is 19.7. The lowest BCUT2D eigenvalue weighted by Crippen LogP contribution is -2.15. The lowest BCUT2D eigenvalue weighted by atomic mass is 10.1. The maximum absolute atomic E-state index is 12.7. The second-order valence-corrected chi connectivity index (χ2v) is 6.71. The lowest BCUT2D eigenvalue weighted by molar-refractivity contribution is 0.102. The van der Waals surface area contributed by atoms with Crippen molar-refractivity contribution in [3.63, 3.8) is 0 Å². The molecule has 28 heavy (non-hydrogen) atoms. The summed E-state index contributed by atoms with van der Waals surface area (Å²) in [4.78, 5) is 21.3. The van der Waals surface area contributed by atoms with E-state index in [2.05, 4.69) is 26.7 Å². The van der Waals surface area contributed by atoms with Crippen LogP contribution in [0.4, 0.5) is 17.2 Å². The number of hydrogen-bond donors (Lipinski definition) is 2. The first-order valence-electron chi connectivity index (χ1n) is 8.88. The number of benzene rings is 2. The van der Waals surface area contributed by atoms with Crippen molar-refractivity contribution in [2.45, 2.75) is 20.8 Å². The predicted octanol–water partition coefficient (Wildman–Crippen LogP) is 4.13. The molecule has 1 aliphatic heterocycles. The van der Waals surface area contributed by atoms with E-state index in [0.717, 1.165) is 22.5 Å². The fourth-order valence-corrected chi connectivity index (χ4v) is 3.11. The van der Waals surface area contributed by atoms with Crippen LogP contribution >= 0.6 is 0 Å². The average Bonchev–Trinajstić information content (AvgIpc) is 3.08. The van der Waals surface area contributed by atoms with Gasteiger partial charge in [-0.2, -0.15) is 0 Å². The molecule has 0 radical (unpaired) electrons. The number of fused-ring (bicyclic) bond motifs is 1. The number of anilines is 3. The SMILES string of the molecule is Cc1cc(C)cc(NC(=O)c2cc(Nc3ccc4c(c3)OCO4)nc(C)n2)c1. The molecule has 142 valence electrons. The number of nitrogens with zero attached hydrogens (tertiary/aromatic N) is 2. The number of aromatic nitrogens is 2. The van der Waals surface area contributed by atoms with Crippen LogP contribution in [-0.2, 0) is 0 Å². The molecular formula is C21H20N4O3. The van der Waals surface area contributed by atoms with Crippen molar-refractivity contribution in [3.8, 4) is 11.5 Å². The summed E-state index contributed by atoms with van der Waals surface area (Å²) in [5.74, 6) is 2.11. The molecule has 1 aromatic heterocycles. The summed E-state index contributed by atoms with van der Waals surface area (Å²) >= 11 is 0. The van der Waals surface area contributed by atoms with Crippen LogP contribution in [0.15, 0.2) is 42.5 Å². The summed E-state index contributed by atoms with van der Waals surface area (Å²) in [5.41, 5.74) is 3.97. The largest absolute Gasteiger partial charge is 0.454 e. The lowest BCUT2D eigenvalue weighted by Gasteiger charge is -2.10. The molecule has 1 aliphatic rings. The Kier molecular flexibility index (Phi) is 4.57. The fourth-order valence-electron chi connectivity index (χ4n) is 3.11. The van der Waals surface area contributed by atoms with E-state index in [1.54, 1.807) is 13.0 Å². The third kappa shape index (κ3) is 3.88. The molecule has 7 heteroatoms. The number of hydrogen-bond acceptors (Lipinski definition) is 6. The Hall–Kier alpha value is -3.61. The van der Waals surface area contributed by atoms with E-state index in [4.69, 9.17) is 9.47 Å². The highest BCUT2D eigenvalue weighted by molar-refractivity contribution is 6.03. The molecule has 0 aliphatic carbocycles. The first-order valence-corrected chi connectivity index (χ1v) is 8.88. The van der Waals surface area contributed by atoms with Crippen molar-refractivity contribution in [2.24, 2.45) is 0 Å². The molecule has 0 saturated carbocycles. The summed E-state index contributed by atoms with van der Waals surface area (Å²) in [6, 6.07) is 13.0. The summed E-state index contributed by atoms with van der Waals surface area (Å²) in [6.45, 7) is 5.95. The van der Waals surface area contributed by atoms with E-state index in [-0.39, 0.29) is 18.4 Å². The van der Waals surface area contributed by atoms with Crippen molar-refractivity contribution in [1.29, 1.82) is 0 Å². The van der Waals surface area contributed by atoms with Gasteiger partial charge in [0.05, 0.1) is 0 Å². The van der Waals surface area contributed by atoms with Crippen LogP contribution in [0.5, 0.6) is 11.5 Å². The van der Waals surface area contributed by atoms with E-state index < -0.39 is 0 Å². The van der Waals surface area contributed by atoms with Gasteiger partial charge < -0.3 is 20.1 Å². The molecule has 0 fully saturated rings. The van der Waals surface area contributed by atoms with Gasteiger partial charge in [-0.15, -0.1) is 0 Å².